The van der Waals surface area contributed by atoms with Crippen LogP contribution in [0.4, 0.5) is 5.69 Å². The van der Waals surface area contributed by atoms with Gasteiger partial charge < -0.3 is 25.2 Å². The molecule has 0 amide bonds. The van der Waals surface area contributed by atoms with E-state index in [0.29, 0.717) is 11.5 Å². The van der Waals surface area contributed by atoms with Gasteiger partial charge in [0.05, 0.1) is 6.54 Å². The van der Waals surface area contributed by atoms with Gasteiger partial charge in [0.2, 0.25) is 0 Å². The second-order valence-electron chi connectivity index (χ2n) is 5.47. The Morgan fingerprint density at radius 3 is 2.17 bits per heavy atom. The molecule has 4 N–H and O–H groups in total. The first-order valence-electron chi connectivity index (χ1n) is 7.36. The van der Waals surface area contributed by atoms with Crippen LogP contribution >= 0.6 is 0 Å². The van der Waals surface area contributed by atoms with Crippen molar-refractivity contribution in [2.75, 3.05) is 25.1 Å². The molecule has 0 aliphatic carbocycles. The van der Waals surface area contributed by atoms with Crippen molar-refractivity contribution in [2.45, 2.75) is 5.60 Å². The zero-order valence-electron chi connectivity index (χ0n) is 12.6. The van der Waals surface area contributed by atoms with Gasteiger partial charge in [0.15, 0.2) is 17.5 Å². The summed E-state index contributed by atoms with van der Waals surface area (Å²) in [7, 11) is 0. The molecule has 0 bridgehead atoms. The Balaban J connectivity index is 1.55. The Kier molecular flexibility index (Phi) is 4.34. The fourth-order valence-electron chi connectivity index (χ4n) is 2.22. The van der Waals surface area contributed by atoms with E-state index in [9.17, 15) is 5.11 Å². The van der Waals surface area contributed by atoms with Crippen molar-refractivity contribution in [3.63, 3.8) is 0 Å². The Labute approximate surface area is 134 Å². The van der Waals surface area contributed by atoms with Crippen molar-refractivity contribution in [3.8, 4) is 11.5 Å². The number of aliphatic hydroxyl groups is 1. The van der Waals surface area contributed by atoms with E-state index in [1.807, 2.05) is 42.5 Å². The molecule has 3 rings (SSSR count). The summed E-state index contributed by atoms with van der Waals surface area (Å²) in [6.45, 7) is 0.324. The highest BCUT2D eigenvalue weighted by Crippen LogP contribution is 2.30. The van der Waals surface area contributed by atoms with Gasteiger partial charge in [-0.05, 0) is 24.3 Å². The van der Waals surface area contributed by atoms with Crippen LogP contribution in [0.15, 0.2) is 54.6 Å². The predicted molar refractivity (Wildman–Crippen MR) is 88.2 cm³/mol. The lowest BCUT2D eigenvalue weighted by Crippen LogP contribution is -2.51. The number of fused-ring (bicyclic) bond motifs is 1. The van der Waals surface area contributed by atoms with Crippen LogP contribution in [-0.2, 0) is 0 Å². The molecule has 2 aromatic carbocycles. The van der Waals surface area contributed by atoms with E-state index >= 15 is 0 Å². The Morgan fingerprint density at radius 1 is 1.00 bits per heavy atom. The van der Waals surface area contributed by atoms with E-state index in [4.69, 9.17) is 14.9 Å². The van der Waals surface area contributed by atoms with E-state index in [0.717, 1.165) is 5.69 Å². The minimum atomic E-state index is -1.22. The largest absolute Gasteiger partial charge is 0.486 e. The van der Waals surface area contributed by atoms with Crippen LogP contribution in [0.25, 0.3) is 0 Å². The summed E-state index contributed by atoms with van der Waals surface area (Å²) < 4.78 is 11.2. The molecule has 0 aromatic heterocycles. The first-order valence-corrected chi connectivity index (χ1v) is 7.36. The monoisotopic (exact) mass is 313 g/mol. The molecule has 120 valence electrons. The maximum absolute atomic E-state index is 10.6. The number of ether oxygens (including phenoxy) is 2. The van der Waals surface area contributed by atoms with Gasteiger partial charge in [-0.15, -0.1) is 0 Å². The summed E-state index contributed by atoms with van der Waals surface area (Å²) in [5.74, 6) is 1.33. The Bertz CT molecular complexity index is 649. The van der Waals surface area contributed by atoms with Crippen molar-refractivity contribution in [2.24, 2.45) is 0 Å². The van der Waals surface area contributed by atoms with E-state index in [-0.39, 0.29) is 25.7 Å². The van der Waals surface area contributed by atoms with Gasteiger partial charge >= 0.3 is 0 Å². The summed E-state index contributed by atoms with van der Waals surface area (Å²) in [5.41, 5.74) is -0.415. The highest BCUT2D eigenvalue weighted by atomic mass is 16.6. The van der Waals surface area contributed by atoms with E-state index in [2.05, 4.69) is 10.6 Å². The molecule has 2 aromatic rings. The number of hydrogen-bond donors (Lipinski definition) is 4. The second-order valence-corrected chi connectivity index (χ2v) is 5.47. The van der Waals surface area contributed by atoms with Gasteiger partial charge in [0, 0.05) is 5.69 Å². The minimum absolute atomic E-state index is 0.0929. The zero-order chi connectivity index (χ0) is 16.1. The maximum atomic E-state index is 10.6. The second kappa shape index (κ2) is 6.58. The standard InChI is InChI=1S/C17H19N3O3/c18-16(20-13-6-2-1-3-7-13)19-10-17(21)11-22-14-8-4-5-9-15(14)23-12-17/h1-9,21H,10-12H2,(H3,18,19,20). The quantitative estimate of drug-likeness (QED) is 0.513. The summed E-state index contributed by atoms with van der Waals surface area (Å²) in [4.78, 5) is 0. The number of nitrogens with one attached hydrogen (secondary N) is 3. The van der Waals surface area contributed by atoms with Crippen molar-refractivity contribution >= 4 is 11.6 Å². The Morgan fingerprint density at radius 2 is 1.57 bits per heavy atom. The molecule has 0 saturated carbocycles. The lowest BCUT2D eigenvalue weighted by atomic mass is 10.1. The van der Waals surface area contributed by atoms with E-state index in [1.165, 1.54) is 0 Å². The van der Waals surface area contributed by atoms with Crippen LogP contribution in [0.5, 0.6) is 11.5 Å². The molecule has 1 aliphatic heterocycles. The third-order valence-corrected chi connectivity index (χ3v) is 3.48. The van der Waals surface area contributed by atoms with Gasteiger partial charge in [0.1, 0.15) is 18.8 Å². The van der Waals surface area contributed by atoms with E-state index in [1.54, 1.807) is 12.1 Å². The van der Waals surface area contributed by atoms with Crippen molar-refractivity contribution in [3.05, 3.63) is 54.6 Å². The van der Waals surface area contributed by atoms with E-state index < -0.39 is 5.60 Å². The fourth-order valence-corrected chi connectivity index (χ4v) is 2.22. The van der Waals surface area contributed by atoms with Crippen LogP contribution in [0.2, 0.25) is 0 Å². The molecule has 0 fully saturated rings. The molecule has 6 heteroatoms. The van der Waals surface area contributed by atoms with Crippen molar-refractivity contribution in [1.82, 2.24) is 5.32 Å². The third kappa shape index (κ3) is 3.92. The predicted octanol–water partition coefficient (Wildman–Crippen LogP) is 1.83. The molecule has 0 saturated heterocycles. The fraction of sp³-hybridized carbons (Fsp3) is 0.235. The highest BCUT2D eigenvalue weighted by Gasteiger charge is 2.32. The molecule has 23 heavy (non-hydrogen) atoms. The minimum Gasteiger partial charge on any atom is -0.486 e. The number of guanidine groups is 1. The molecule has 1 aliphatic rings. The molecule has 1 heterocycles. The van der Waals surface area contributed by atoms with Gasteiger partial charge in [-0.25, -0.2) is 0 Å². The van der Waals surface area contributed by atoms with Crippen LogP contribution in [0.1, 0.15) is 0 Å². The summed E-state index contributed by atoms with van der Waals surface area (Å²) >= 11 is 0. The van der Waals surface area contributed by atoms with Gasteiger partial charge in [-0.2, -0.15) is 0 Å². The number of para-hydroxylation sites is 3. The molecule has 0 unspecified atom stereocenters. The molecule has 0 spiro atoms. The lowest BCUT2D eigenvalue weighted by molar-refractivity contribution is -0.0235. The molecule has 0 atom stereocenters. The van der Waals surface area contributed by atoms with Crippen LogP contribution in [0, 0.1) is 5.41 Å². The van der Waals surface area contributed by atoms with Gasteiger partial charge in [-0.3, -0.25) is 5.41 Å². The molecular formula is C17H19N3O3. The summed E-state index contributed by atoms with van der Waals surface area (Å²) in [6.07, 6.45) is 0. The number of rotatable bonds is 3. The van der Waals surface area contributed by atoms with Crippen LogP contribution in [-0.4, -0.2) is 36.4 Å². The van der Waals surface area contributed by atoms with Gasteiger partial charge in [0.25, 0.3) is 0 Å². The van der Waals surface area contributed by atoms with Crippen molar-refractivity contribution < 1.29 is 14.6 Å². The topological polar surface area (TPSA) is 86.6 Å². The van der Waals surface area contributed by atoms with Gasteiger partial charge in [-0.1, -0.05) is 30.3 Å². The normalized spacial score (nSPS) is 15.3. The molecular weight excluding hydrogens is 294 g/mol. The zero-order valence-corrected chi connectivity index (χ0v) is 12.6. The average molecular weight is 313 g/mol. The Hall–Kier alpha value is -2.73. The van der Waals surface area contributed by atoms with Crippen LogP contribution in [0.3, 0.4) is 0 Å². The number of anilines is 1. The maximum Gasteiger partial charge on any atom is 0.193 e. The third-order valence-electron chi connectivity index (χ3n) is 3.48. The highest BCUT2D eigenvalue weighted by molar-refractivity contribution is 5.91. The SMILES string of the molecule is N=C(NCC1(O)COc2ccccc2OC1)Nc1ccccc1. The number of benzene rings is 2. The molecule has 0 radical (unpaired) electrons. The summed E-state index contributed by atoms with van der Waals surface area (Å²) in [6, 6.07) is 16.7. The van der Waals surface area contributed by atoms with Crippen LogP contribution < -0.4 is 20.1 Å². The molecule has 6 nitrogen and oxygen atoms in total. The average Bonchev–Trinajstić information content (AvgIpc) is 2.75. The number of hydrogen-bond acceptors (Lipinski definition) is 4. The smallest absolute Gasteiger partial charge is 0.193 e. The lowest BCUT2D eigenvalue weighted by Gasteiger charge is -2.25. The first kappa shape index (κ1) is 15.2. The van der Waals surface area contributed by atoms with Crippen molar-refractivity contribution in [1.29, 1.82) is 5.41 Å². The first-order chi connectivity index (χ1) is 11.1. The summed E-state index contributed by atoms with van der Waals surface area (Å²) in [5, 5.41) is 24.3.